The van der Waals surface area contributed by atoms with Crippen molar-refractivity contribution in [2.75, 3.05) is 13.2 Å². The van der Waals surface area contributed by atoms with Gasteiger partial charge in [0.05, 0.1) is 0 Å². The van der Waals surface area contributed by atoms with Crippen molar-refractivity contribution >= 4 is 0 Å². The molecule has 2 N–H and O–H groups in total. The zero-order valence-corrected chi connectivity index (χ0v) is 11.6. The van der Waals surface area contributed by atoms with Crippen molar-refractivity contribution < 1.29 is 5.11 Å². The van der Waals surface area contributed by atoms with Gasteiger partial charge in [0.25, 0.3) is 0 Å². The van der Waals surface area contributed by atoms with Crippen molar-refractivity contribution in [3.63, 3.8) is 0 Å². The van der Waals surface area contributed by atoms with Gasteiger partial charge in [0.1, 0.15) is 0 Å². The second-order valence-corrected chi connectivity index (χ2v) is 6.52. The SMILES string of the molecule is OCC1(CNC2CC(c3ccccc3)C2)CCCC1. The Morgan fingerprint density at radius 2 is 1.79 bits per heavy atom. The van der Waals surface area contributed by atoms with Crippen LogP contribution in [0.1, 0.15) is 50.0 Å². The van der Waals surface area contributed by atoms with E-state index in [1.54, 1.807) is 0 Å². The molecule has 3 rings (SSSR count). The minimum absolute atomic E-state index is 0.192. The van der Waals surface area contributed by atoms with E-state index in [1.165, 1.54) is 44.1 Å². The van der Waals surface area contributed by atoms with Crippen LogP contribution in [0.2, 0.25) is 0 Å². The Kier molecular flexibility index (Phi) is 3.90. The smallest absolute Gasteiger partial charge is 0.0499 e. The van der Waals surface area contributed by atoms with Crippen LogP contribution in [0.4, 0.5) is 0 Å². The quantitative estimate of drug-likeness (QED) is 0.851. The second kappa shape index (κ2) is 5.64. The van der Waals surface area contributed by atoms with E-state index in [0.29, 0.717) is 12.6 Å². The monoisotopic (exact) mass is 259 g/mol. The molecule has 0 saturated heterocycles. The van der Waals surface area contributed by atoms with Crippen LogP contribution in [0.3, 0.4) is 0 Å². The Hall–Kier alpha value is -0.860. The van der Waals surface area contributed by atoms with Crippen molar-refractivity contribution in [2.45, 2.75) is 50.5 Å². The van der Waals surface area contributed by atoms with Gasteiger partial charge in [0.15, 0.2) is 0 Å². The van der Waals surface area contributed by atoms with Crippen molar-refractivity contribution in [3.05, 3.63) is 35.9 Å². The Morgan fingerprint density at radius 3 is 2.42 bits per heavy atom. The molecule has 2 fully saturated rings. The molecule has 2 aliphatic rings. The molecule has 2 saturated carbocycles. The molecule has 19 heavy (non-hydrogen) atoms. The Morgan fingerprint density at radius 1 is 1.11 bits per heavy atom. The van der Waals surface area contributed by atoms with Gasteiger partial charge in [-0.2, -0.15) is 0 Å². The molecule has 0 aliphatic heterocycles. The third-order valence-corrected chi connectivity index (χ3v) is 5.17. The highest BCUT2D eigenvalue weighted by Gasteiger charge is 2.36. The van der Waals surface area contributed by atoms with Gasteiger partial charge in [-0.05, 0) is 37.2 Å². The standard InChI is InChI=1S/C17H25NO/c19-13-17(8-4-5-9-17)12-18-16-10-15(11-16)14-6-2-1-3-7-14/h1-3,6-7,15-16,18-19H,4-5,8-13H2. The van der Waals surface area contributed by atoms with Crippen LogP contribution < -0.4 is 5.32 Å². The average molecular weight is 259 g/mol. The summed E-state index contributed by atoms with van der Waals surface area (Å²) in [5.41, 5.74) is 1.68. The van der Waals surface area contributed by atoms with Crippen LogP contribution in [0.15, 0.2) is 30.3 Å². The Bertz CT molecular complexity index is 391. The predicted molar refractivity (Wildman–Crippen MR) is 78.2 cm³/mol. The van der Waals surface area contributed by atoms with Crippen molar-refractivity contribution in [2.24, 2.45) is 5.41 Å². The molecule has 0 unspecified atom stereocenters. The van der Waals surface area contributed by atoms with E-state index in [-0.39, 0.29) is 5.41 Å². The summed E-state index contributed by atoms with van der Waals surface area (Å²) in [6.45, 7) is 1.37. The first-order valence-corrected chi connectivity index (χ1v) is 7.71. The molecule has 0 bridgehead atoms. The highest BCUT2D eigenvalue weighted by molar-refractivity contribution is 5.22. The van der Waals surface area contributed by atoms with Gasteiger partial charge in [0.2, 0.25) is 0 Å². The lowest BCUT2D eigenvalue weighted by Gasteiger charge is -2.39. The largest absolute Gasteiger partial charge is 0.396 e. The molecular weight excluding hydrogens is 234 g/mol. The zero-order chi connectivity index (χ0) is 13.1. The molecule has 0 amide bonds. The molecule has 0 radical (unpaired) electrons. The van der Waals surface area contributed by atoms with Gasteiger partial charge in [-0.3, -0.25) is 0 Å². The molecule has 2 nitrogen and oxygen atoms in total. The van der Waals surface area contributed by atoms with Crippen LogP contribution in [0, 0.1) is 5.41 Å². The first kappa shape index (κ1) is 13.1. The fraction of sp³-hybridized carbons (Fsp3) is 0.647. The van der Waals surface area contributed by atoms with Gasteiger partial charge >= 0.3 is 0 Å². The summed E-state index contributed by atoms with van der Waals surface area (Å²) >= 11 is 0. The van der Waals surface area contributed by atoms with Crippen LogP contribution in [-0.4, -0.2) is 24.3 Å². The topological polar surface area (TPSA) is 32.3 Å². The van der Waals surface area contributed by atoms with Gasteiger partial charge in [-0.1, -0.05) is 43.2 Å². The maximum Gasteiger partial charge on any atom is 0.0499 e. The van der Waals surface area contributed by atoms with Crippen LogP contribution in [-0.2, 0) is 0 Å². The number of nitrogens with one attached hydrogen (secondary N) is 1. The lowest BCUT2D eigenvalue weighted by Crippen LogP contribution is -2.46. The summed E-state index contributed by atoms with van der Waals surface area (Å²) in [5, 5.41) is 13.3. The summed E-state index contributed by atoms with van der Waals surface area (Å²) < 4.78 is 0. The summed E-state index contributed by atoms with van der Waals surface area (Å²) in [4.78, 5) is 0. The van der Waals surface area contributed by atoms with Gasteiger partial charge < -0.3 is 10.4 Å². The zero-order valence-electron chi connectivity index (χ0n) is 11.6. The normalized spacial score (nSPS) is 29.1. The number of hydrogen-bond donors (Lipinski definition) is 2. The van der Waals surface area contributed by atoms with Crippen molar-refractivity contribution in [3.8, 4) is 0 Å². The van der Waals surface area contributed by atoms with E-state index >= 15 is 0 Å². The fourth-order valence-corrected chi connectivity index (χ4v) is 3.66. The first-order chi connectivity index (χ1) is 9.31. The number of aliphatic hydroxyl groups is 1. The molecule has 2 aliphatic carbocycles. The molecule has 0 heterocycles. The molecule has 104 valence electrons. The van der Waals surface area contributed by atoms with E-state index < -0.39 is 0 Å². The second-order valence-electron chi connectivity index (χ2n) is 6.52. The van der Waals surface area contributed by atoms with Crippen LogP contribution in [0.25, 0.3) is 0 Å². The van der Waals surface area contributed by atoms with E-state index in [4.69, 9.17) is 0 Å². The molecule has 0 spiro atoms. The highest BCUT2D eigenvalue weighted by atomic mass is 16.3. The Balaban J connectivity index is 1.44. The van der Waals surface area contributed by atoms with E-state index in [9.17, 15) is 5.11 Å². The third kappa shape index (κ3) is 2.85. The average Bonchev–Trinajstić information content (AvgIpc) is 2.88. The van der Waals surface area contributed by atoms with Crippen LogP contribution >= 0.6 is 0 Å². The van der Waals surface area contributed by atoms with Crippen molar-refractivity contribution in [1.29, 1.82) is 0 Å². The minimum Gasteiger partial charge on any atom is -0.396 e. The number of benzene rings is 1. The molecule has 1 aromatic rings. The molecule has 2 heteroatoms. The summed E-state index contributed by atoms with van der Waals surface area (Å²) in [6, 6.07) is 11.5. The minimum atomic E-state index is 0.192. The van der Waals surface area contributed by atoms with Gasteiger partial charge in [0, 0.05) is 24.6 Å². The predicted octanol–water partition coefficient (Wildman–Crippen LogP) is 3.07. The molecule has 0 aromatic heterocycles. The maximum atomic E-state index is 9.61. The number of aliphatic hydroxyl groups excluding tert-OH is 1. The summed E-state index contributed by atoms with van der Waals surface area (Å²) in [7, 11) is 0. The molecular formula is C17H25NO. The molecule has 1 aromatic carbocycles. The third-order valence-electron chi connectivity index (χ3n) is 5.17. The summed E-state index contributed by atoms with van der Waals surface area (Å²) in [5.74, 6) is 0.743. The van der Waals surface area contributed by atoms with E-state index in [2.05, 4.69) is 35.6 Å². The van der Waals surface area contributed by atoms with E-state index in [1.807, 2.05) is 0 Å². The van der Waals surface area contributed by atoms with Gasteiger partial charge in [-0.25, -0.2) is 0 Å². The molecule has 0 atom stereocenters. The number of hydrogen-bond acceptors (Lipinski definition) is 2. The number of rotatable bonds is 5. The first-order valence-electron chi connectivity index (χ1n) is 7.71. The summed E-state index contributed by atoms with van der Waals surface area (Å²) in [6.07, 6.45) is 7.49. The van der Waals surface area contributed by atoms with Crippen LogP contribution in [0.5, 0.6) is 0 Å². The van der Waals surface area contributed by atoms with Crippen molar-refractivity contribution in [1.82, 2.24) is 5.32 Å². The maximum absolute atomic E-state index is 9.61. The lowest BCUT2D eigenvalue weighted by atomic mass is 9.75. The van der Waals surface area contributed by atoms with Gasteiger partial charge in [-0.15, -0.1) is 0 Å². The van der Waals surface area contributed by atoms with E-state index in [0.717, 1.165) is 12.5 Å². The fourth-order valence-electron chi connectivity index (χ4n) is 3.66. The Labute approximate surface area is 116 Å². The lowest BCUT2D eigenvalue weighted by molar-refractivity contribution is 0.117. The highest BCUT2D eigenvalue weighted by Crippen LogP contribution is 2.40.